The predicted octanol–water partition coefficient (Wildman–Crippen LogP) is 3.02. The number of hydrogen-bond donors (Lipinski definition) is 1. The normalized spacial score (nSPS) is 9.85. The van der Waals surface area contributed by atoms with Gasteiger partial charge in [0.15, 0.2) is 0 Å². The van der Waals surface area contributed by atoms with Crippen molar-refractivity contribution in [3.05, 3.63) is 58.9 Å². The van der Waals surface area contributed by atoms with E-state index in [1.54, 1.807) is 18.3 Å². The van der Waals surface area contributed by atoms with Crippen molar-refractivity contribution in [2.24, 2.45) is 0 Å². The standard InChI is InChI=1S/C16H15N3O/c1-11-4-3-5-15(12(11)2)19-16(20)13-7-9-18-14(10-13)6-8-17/h3-5,7,9-10H,6H2,1-2H3,(H,19,20). The summed E-state index contributed by atoms with van der Waals surface area (Å²) in [6, 6.07) is 11.1. The molecule has 2 aromatic rings. The molecule has 1 aromatic heterocycles. The van der Waals surface area contributed by atoms with E-state index < -0.39 is 0 Å². The Kier molecular flexibility index (Phi) is 4.11. The van der Waals surface area contributed by atoms with E-state index in [-0.39, 0.29) is 12.3 Å². The third kappa shape index (κ3) is 3.01. The van der Waals surface area contributed by atoms with Gasteiger partial charge in [-0.25, -0.2) is 0 Å². The molecule has 0 saturated heterocycles. The van der Waals surface area contributed by atoms with Crippen LogP contribution in [0, 0.1) is 25.2 Å². The van der Waals surface area contributed by atoms with Gasteiger partial charge in [-0.15, -0.1) is 0 Å². The molecule has 0 unspecified atom stereocenters. The molecular weight excluding hydrogens is 250 g/mol. The van der Waals surface area contributed by atoms with E-state index in [9.17, 15) is 4.79 Å². The molecule has 0 aliphatic rings. The molecule has 0 bridgehead atoms. The number of carbonyl (C=O) groups is 1. The zero-order chi connectivity index (χ0) is 14.5. The van der Waals surface area contributed by atoms with Crippen molar-refractivity contribution in [3.63, 3.8) is 0 Å². The molecule has 0 saturated carbocycles. The van der Waals surface area contributed by atoms with E-state index in [2.05, 4.69) is 10.3 Å². The Morgan fingerprint density at radius 1 is 1.35 bits per heavy atom. The second kappa shape index (κ2) is 5.98. The van der Waals surface area contributed by atoms with Crippen LogP contribution >= 0.6 is 0 Å². The van der Waals surface area contributed by atoms with E-state index in [4.69, 9.17) is 5.26 Å². The van der Waals surface area contributed by atoms with Gasteiger partial charge in [-0.2, -0.15) is 5.26 Å². The van der Waals surface area contributed by atoms with Crippen molar-refractivity contribution in [3.8, 4) is 6.07 Å². The van der Waals surface area contributed by atoms with Crippen molar-refractivity contribution in [1.82, 2.24) is 4.98 Å². The summed E-state index contributed by atoms with van der Waals surface area (Å²) >= 11 is 0. The van der Waals surface area contributed by atoms with Crippen LogP contribution in [0.3, 0.4) is 0 Å². The van der Waals surface area contributed by atoms with E-state index >= 15 is 0 Å². The molecule has 0 spiro atoms. The highest BCUT2D eigenvalue weighted by molar-refractivity contribution is 6.04. The summed E-state index contributed by atoms with van der Waals surface area (Å²) in [7, 11) is 0. The number of nitrogens with zero attached hydrogens (tertiary/aromatic N) is 2. The summed E-state index contributed by atoms with van der Waals surface area (Å²) in [4.78, 5) is 16.3. The smallest absolute Gasteiger partial charge is 0.255 e. The zero-order valence-corrected chi connectivity index (χ0v) is 11.5. The lowest BCUT2D eigenvalue weighted by molar-refractivity contribution is 0.102. The average molecular weight is 265 g/mol. The van der Waals surface area contributed by atoms with Crippen LogP contribution in [0.2, 0.25) is 0 Å². The van der Waals surface area contributed by atoms with Gasteiger partial charge in [-0.1, -0.05) is 12.1 Å². The fourth-order valence-corrected chi connectivity index (χ4v) is 1.88. The van der Waals surface area contributed by atoms with Crippen LogP contribution in [0.5, 0.6) is 0 Å². The number of pyridine rings is 1. The molecule has 4 nitrogen and oxygen atoms in total. The molecular formula is C16H15N3O. The van der Waals surface area contributed by atoms with E-state index in [0.29, 0.717) is 11.3 Å². The summed E-state index contributed by atoms with van der Waals surface area (Å²) in [6.07, 6.45) is 1.75. The van der Waals surface area contributed by atoms with Crippen molar-refractivity contribution < 1.29 is 4.79 Å². The van der Waals surface area contributed by atoms with Crippen LogP contribution in [0.15, 0.2) is 36.5 Å². The number of carbonyl (C=O) groups excluding carboxylic acids is 1. The second-order valence-electron chi connectivity index (χ2n) is 4.57. The molecule has 0 radical (unpaired) electrons. The topological polar surface area (TPSA) is 65.8 Å². The molecule has 1 aromatic carbocycles. The first kappa shape index (κ1) is 13.8. The van der Waals surface area contributed by atoms with Gasteiger partial charge in [0.05, 0.1) is 18.2 Å². The molecule has 20 heavy (non-hydrogen) atoms. The third-order valence-electron chi connectivity index (χ3n) is 3.19. The molecule has 4 heteroatoms. The SMILES string of the molecule is Cc1cccc(NC(=O)c2ccnc(CC#N)c2)c1C. The van der Waals surface area contributed by atoms with Crippen LogP contribution in [0.1, 0.15) is 27.2 Å². The van der Waals surface area contributed by atoms with Gasteiger partial charge < -0.3 is 5.32 Å². The number of amides is 1. The number of nitriles is 1. The number of nitrogens with one attached hydrogen (secondary N) is 1. The van der Waals surface area contributed by atoms with Crippen molar-refractivity contribution >= 4 is 11.6 Å². The highest BCUT2D eigenvalue weighted by Crippen LogP contribution is 2.18. The quantitative estimate of drug-likeness (QED) is 0.927. The van der Waals surface area contributed by atoms with Gasteiger partial charge in [0.25, 0.3) is 5.91 Å². The van der Waals surface area contributed by atoms with Crippen LogP contribution in [-0.4, -0.2) is 10.9 Å². The first-order chi connectivity index (χ1) is 9.61. The van der Waals surface area contributed by atoms with Crippen LogP contribution in [-0.2, 0) is 6.42 Å². The molecule has 0 fully saturated rings. The Bertz CT molecular complexity index is 686. The zero-order valence-electron chi connectivity index (χ0n) is 11.5. The summed E-state index contributed by atoms with van der Waals surface area (Å²) < 4.78 is 0. The lowest BCUT2D eigenvalue weighted by Crippen LogP contribution is -2.13. The van der Waals surface area contributed by atoms with Gasteiger partial charge in [-0.3, -0.25) is 9.78 Å². The van der Waals surface area contributed by atoms with Crippen LogP contribution in [0.25, 0.3) is 0 Å². The minimum absolute atomic E-state index is 0.194. The molecule has 1 N–H and O–H groups in total. The van der Waals surface area contributed by atoms with E-state index in [1.165, 1.54) is 0 Å². The van der Waals surface area contributed by atoms with Crippen molar-refractivity contribution in [2.45, 2.75) is 20.3 Å². The van der Waals surface area contributed by atoms with Gasteiger partial charge in [0, 0.05) is 17.4 Å². The van der Waals surface area contributed by atoms with Gasteiger partial charge in [-0.05, 0) is 43.2 Å². The summed E-state index contributed by atoms with van der Waals surface area (Å²) in [5.41, 5.74) is 4.08. The lowest BCUT2D eigenvalue weighted by atomic mass is 10.1. The Balaban J connectivity index is 2.22. The molecule has 0 aliphatic heterocycles. The highest BCUT2D eigenvalue weighted by atomic mass is 16.1. The van der Waals surface area contributed by atoms with Gasteiger partial charge in [0.1, 0.15) is 0 Å². The third-order valence-corrected chi connectivity index (χ3v) is 3.19. The maximum atomic E-state index is 12.2. The number of hydrogen-bond acceptors (Lipinski definition) is 3. The Morgan fingerprint density at radius 3 is 2.90 bits per heavy atom. The van der Waals surface area contributed by atoms with Crippen LogP contribution in [0.4, 0.5) is 5.69 Å². The minimum atomic E-state index is -0.194. The number of rotatable bonds is 3. The van der Waals surface area contributed by atoms with E-state index in [1.807, 2.05) is 38.1 Å². The molecule has 2 rings (SSSR count). The van der Waals surface area contributed by atoms with E-state index in [0.717, 1.165) is 16.8 Å². The average Bonchev–Trinajstić information content (AvgIpc) is 2.44. The van der Waals surface area contributed by atoms with Gasteiger partial charge >= 0.3 is 0 Å². The van der Waals surface area contributed by atoms with Crippen molar-refractivity contribution in [1.29, 1.82) is 5.26 Å². The first-order valence-corrected chi connectivity index (χ1v) is 6.31. The largest absolute Gasteiger partial charge is 0.322 e. The number of benzene rings is 1. The summed E-state index contributed by atoms with van der Waals surface area (Å²) in [5.74, 6) is -0.194. The second-order valence-corrected chi connectivity index (χ2v) is 4.57. The van der Waals surface area contributed by atoms with Gasteiger partial charge in [0.2, 0.25) is 0 Å². The number of aromatic nitrogens is 1. The Hall–Kier alpha value is -2.67. The molecule has 0 atom stereocenters. The predicted molar refractivity (Wildman–Crippen MR) is 77.4 cm³/mol. The summed E-state index contributed by atoms with van der Waals surface area (Å²) in [6.45, 7) is 3.97. The first-order valence-electron chi connectivity index (χ1n) is 6.31. The molecule has 1 amide bonds. The Morgan fingerprint density at radius 2 is 2.15 bits per heavy atom. The summed E-state index contributed by atoms with van der Waals surface area (Å²) in [5, 5.41) is 11.5. The molecule has 100 valence electrons. The van der Waals surface area contributed by atoms with Crippen molar-refractivity contribution in [2.75, 3.05) is 5.32 Å². The fourth-order valence-electron chi connectivity index (χ4n) is 1.88. The highest BCUT2D eigenvalue weighted by Gasteiger charge is 2.09. The molecule has 0 aliphatic carbocycles. The monoisotopic (exact) mass is 265 g/mol. The fraction of sp³-hybridized carbons (Fsp3) is 0.188. The molecule has 1 heterocycles. The minimum Gasteiger partial charge on any atom is -0.322 e. The number of aryl methyl sites for hydroxylation is 1. The maximum Gasteiger partial charge on any atom is 0.255 e. The lowest BCUT2D eigenvalue weighted by Gasteiger charge is -2.10. The number of anilines is 1. The Labute approximate surface area is 118 Å². The maximum absolute atomic E-state index is 12.2. The van der Waals surface area contributed by atoms with Crippen LogP contribution < -0.4 is 5.32 Å².